The summed E-state index contributed by atoms with van der Waals surface area (Å²) in [6, 6.07) is 13.9. The molecule has 2 aromatic rings. The molecule has 1 N–H and O–H groups in total. The lowest BCUT2D eigenvalue weighted by atomic mass is 9.91. The summed E-state index contributed by atoms with van der Waals surface area (Å²) in [5.41, 5.74) is 4.44. The quantitative estimate of drug-likeness (QED) is 0.877. The van der Waals surface area contributed by atoms with Crippen molar-refractivity contribution in [2.24, 2.45) is 0 Å². The monoisotopic (exact) mass is 269 g/mol. The molecule has 0 spiro atoms. The third-order valence-electron chi connectivity index (χ3n) is 4.10. The van der Waals surface area contributed by atoms with Crippen molar-refractivity contribution in [2.45, 2.75) is 25.7 Å². The van der Waals surface area contributed by atoms with Gasteiger partial charge in [-0.2, -0.15) is 0 Å². The summed E-state index contributed by atoms with van der Waals surface area (Å²) in [5, 5.41) is 3.41. The number of halogens is 1. The fourth-order valence-corrected chi connectivity index (χ4v) is 2.96. The van der Waals surface area contributed by atoms with E-state index in [-0.39, 0.29) is 5.82 Å². The first-order chi connectivity index (χ1) is 9.74. The molecule has 0 amide bonds. The fraction of sp³-hybridized carbons (Fsp3) is 0.333. The summed E-state index contributed by atoms with van der Waals surface area (Å²) in [6.07, 6.45) is 1.59. The third kappa shape index (κ3) is 2.75. The molecule has 1 nitrogen and oxygen atoms in total. The third-order valence-corrected chi connectivity index (χ3v) is 4.10. The van der Waals surface area contributed by atoms with Crippen LogP contribution in [-0.4, -0.2) is 13.1 Å². The van der Waals surface area contributed by atoms with E-state index in [2.05, 4.69) is 30.4 Å². The Morgan fingerprint density at radius 1 is 1.20 bits per heavy atom. The Kier molecular flexibility index (Phi) is 3.83. The molecule has 0 saturated heterocycles. The maximum absolute atomic E-state index is 14.3. The van der Waals surface area contributed by atoms with Gasteiger partial charge in [0, 0.05) is 13.0 Å². The van der Waals surface area contributed by atoms with E-state index in [1.165, 1.54) is 5.56 Å². The van der Waals surface area contributed by atoms with E-state index in [4.69, 9.17) is 0 Å². The van der Waals surface area contributed by atoms with Crippen LogP contribution in [0.2, 0.25) is 0 Å². The zero-order valence-corrected chi connectivity index (χ0v) is 11.8. The van der Waals surface area contributed by atoms with Crippen LogP contribution in [0.25, 0.3) is 0 Å². The van der Waals surface area contributed by atoms with Crippen molar-refractivity contribution in [3.63, 3.8) is 0 Å². The lowest BCUT2D eigenvalue weighted by molar-refractivity contribution is 0.609. The van der Waals surface area contributed by atoms with Gasteiger partial charge in [-0.1, -0.05) is 43.3 Å². The summed E-state index contributed by atoms with van der Waals surface area (Å²) in [7, 11) is 0. The van der Waals surface area contributed by atoms with Crippen molar-refractivity contribution in [3.05, 3.63) is 70.5 Å². The van der Waals surface area contributed by atoms with Gasteiger partial charge in [-0.15, -0.1) is 0 Å². The van der Waals surface area contributed by atoms with Gasteiger partial charge in [-0.3, -0.25) is 0 Å². The zero-order chi connectivity index (χ0) is 13.9. The highest BCUT2D eigenvalue weighted by molar-refractivity contribution is 5.39. The lowest BCUT2D eigenvalue weighted by Gasteiger charge is -2.15. The summed E-state index contributed by atoms with van der Waals surface area (Å²) >= 11 is 0. The predicted octanol–water partition coefficient (Wildman–Crippen LogP) is 3.67. The highest BCUT2D eigenvalue weighted by Gasteiger charge is 2.17. The van der Waals surface area contributed by atoms with Crippen LogP contribution < -0.4 is 5.32 Å². The molecule has 104 valence electrons. The molecule has 0 bridgehead atoms. The Bertz CT molecular complexity index is 592. The molecular formula is C18H20FN. The predicted molar refractivity (Wildman–Crippen MR) is 80.6 cm³/mol. The van der Waals surface area contributed by atoms with Gasteiger partial charge in [0.05, 0.1) is 0 Å². The van der Waals surface area contributed by atoms with Crippen LogP contribution in [0.15, 0.2) is 42.5 Å². The van der Waals surface area contributed by atoms with Crippen molar-refractivity contribution in [2.75, 3.05) is 13.1 Å². The summed E-state index contributed by atoms with van der Waals surface area (Å²) in [6.45, 7) is 4.12. The number of hydrogen-bond donors (Lipinski definition) is 1. The Hall–Kier alpha value is -1.67. The van der Waals surface area contributed by atoms with Crippen LogP contribution in [0.3, 0.4) is 0 Å². The molecule has 0 unspecified atom stereocenters. The second-order valence-corrected chi connectivity index (χ2v) is 5.66. The Balaban J connectivity index is 1.96. The van der Waals surface area contributed by atoms with Gasteiger partial charge in [0.1, 0.15) is 5.82 Å². The molecule has 0 aliphatic carbocycles. The normalized spacial score (nSPS) is 18.4. The first kappa shape index (κ1) is 13.3. The molecule has 1 atom stereocenters. The summed E-state index contributed by atoms with van der Waals surface area (Å²) in [4.78, 5) is 0. The first-order valence-electron chi connectivity index (χ1n) is 7.30. The molecule has 1 heterocycles. The molecule has 2 aromatic carbocycles. The summed E-state index contributed by atoms with van der Waals surface area (Å²) in [5.74, 6) is 0.379. The minimum absolute atomic E-state index is 0.0679. The van der Waals surface area contributed by atoms with Crippen molar-refractivity contribution in [1.29, 1.82) is 0 Å². The van der Waals surface area contributed by atoms with Crippen LogP contribution in [0.4, 0.5) is 4.39 Å². The van der Waals surface area contributed by atoms with Gasteiger partial charge in [-0.25, -0.2) is 4.39 Å². The number of fused-ring (bicyclic) bond motifs is 1. The van der Waals surface area contributed by atoms with E-state index in [9.17, 15) is 4.39 Å². The smallest absolute Gasteiger partial charge is 0.127 e. The Labute approximate surface area is 119 Å². The molecule has 0 saturated carbocycles. The largest absolute Gasteiger partial charge is 0.316 e. The number of nitrogens with one attached hydrogen (secondary N) is 1. The van der Waals surface area contributed by atoms with Gasteiger partial charge < -0.3 is 5.32 Å². The maximum atomic E-state index is 14.3. The average molecular weight is 269 g/mol. The summed E-state index contributed by atoms with van der Waals surface area (Å²) < 4.78 is 14.3. The molecule has 20 heavy (non-hydrogen) atoms. The van der Waals surface area contributed by atoms with Crippen LogP contribution in [0, 0.1) is 5.82 Å². The lowest BCUT2D eigenvalue weighted by Crippen LogP contribution is -2.18. The second kappa shape index (κ2) is 5.76. The van der Waals surface area contributed by atoms with Crippen molar-refractivity contribution >= 4 is 0 Å². The second-order valence-electron chi connectivity index (χ2n) is 5.66. The van der Waals surface area contributed by atoms with Gasteiger partial charge >= 0.3 is 0 Å². The number of hydrogen-bond acceptors (Lipinski definition) is 1. The molecule has 1 aliphatic heterocycles. The van der Waals surface area contributed by atoms with Crippen LogP contribution in [-0.2, 0) is 12.8 Å². The highest BCUT2D eigenvalue weighted by Crippen LogP contribution is 2.26. The standard InChI is InChI=1S/C18H20FN/c1-13-12-20-8-7-15-11-18(19)16(10-17(13)15)9-14-5-3-2-4-6-14/h2-6,10-11,13,20H,7-9,12H2,1H3/t13-/m1/s1. The molecular weight excluding hydrogens is 249 g/mol. The number of rotatable bonds is 2. The maximum Gasteiger partial charge on any atom is 0.127 e. The van der Waals surface area contributed by atoms with E-state index in [1.807, 2.05) is 18.2 Å². The van der Waals surface area contributed by atoms with Crippen LogP contribution in [0.1, 0.15) is 35.1 Å². The van der Waals surface area contributed by atoms with Crippen molar-refractivity contribution in [1.82, 2.24) is 5.32 Å². The van der Waals surface area contributed by atoms with Crippen molar-refractivity contribution < 1.29 is 4.39 Å². The molecule has 1 aliphatic rings. The molecule has 0 aromatic heterocycles. The fourth-order valence-electron chi connectivity index (χ4n) is 2.96. The van der Waals surface area contributed by atoms with Gasteiger partial charge in [0.2, 0.25) is 0 Å². The zero-order valence-electron chi connectivity index (χ0n) is 11.8. The van der Waals surface area contributed by atoms with E-state index in [1.54, 1.807) is 6.07 Å². The van der Waals surface area contributed by atoms with E-state index in [0.29, 0.717) is 12.3 Å². The minimum Gasteiger partial charge on any atom is -0.316 e. The molecule has 0 radical (unpaired) electrons. The van der Waals surface area contributed by atoms with Gasteiger partial charge in [0.15, 0.2) is 0 Å². The van der Waals surface area contributed by atoms with E-state index < -0.39 is 0 Å². The van der Waals surface area contributed by atoms with Gasteiger partial charge in [-0.05, 0) is 47.2 Å². The minimum atomic E-state index is -0.0679. The SMILES string of the molecule is C[C@@H]1CNCCc2cc(F)c(Cc3ccccc3)cc21. The first-order valence-corrected chi connectivity index (χ1v) is 7.30. The number of benzene rings is 2. The van der Waals surface area contributed by atoms with Gasteiger partial charge in [0.25, 0.3) is 0 Å². The average Bonchev–Trinajstić information content (AvgIpc) is 2.63. The Morgan fingerprint density at radius 3 is 2.80 bits per heavy atom. The van der Waals surface area contributed by atoms with E-state index >= 15 is 0 Å². The molecule has 2 heteroatoms. The van der Waals surface area contributed by atoms with E-state index in [0.717, 1.165) is 36.2 Å². The molecule has 3 rings (SSSR count). The van der Waals surface area contributed by atoms with Crippen LogP contribution >= 0.6 is 0 Å². The van der Waals surface area contributed by atoms with Crippen LogP contribution in [0.5, 0.6) is 0 Å². The van der Waals surface area contributed by atoms with Crippen molar-refractivity contribution in [3.8, 4) is 0 Å². The topological polar surface area (TPSA) is 12.0 Å². The highest BCUT2D eigenvalue weighted by atomic mass is 19.1. The Morgan fingerprint density at radius 2 is 2.00 bits per heavy atom. The molecule has 0 fully saturated rings.